The van der Waals surface area contributed by atoms with Gasteiger partial charge in [0.25, 0.3) is 0 Å². The van der Waals surface area contributed by atoms with E-state index < -0.39 is 12.0 Å². The predicted molar refractivity (Wildman–Crippen MR) is 80.0 cm³/mol. The summed E-state index contributed by atoms with van der Waals surface area (Å²) in [5, 5.41) is 12.5. The molecule has 0 radical (unpaired) electrons. The number of amides is 1. The molecule has 20 heavy (non-hydrogen) atoms. The first-order valence-corrected chi connectivity index (χ1v) is 7.97. The van der Waals surface area contributed by atoms with Gasteiger partial charge in [0.05, 0.1) is 0 Å². The number of nitrogens with one attached hydrogen (secondary N) is 1. The van der Waals surface area contributed by atoms with Crippen LogP contribution >= 0.6 is 23.4 Å². The van der Waals surface area contributed by atoms with E-state index in [-0.39, 0.29) is 11.8 Å². The van der Waals surface area contributed by atoms with Crippen molar-refractivity contribution in [3.05, 3.63) is 34.9 Å². The molecule has 0 aliphatic carbocycles. The molecule has 0 spiro atoms. The summed E-state index contributed by atoms with van der Waals surface area (Å²) in [5.41, 5.74) is 0.528. The molecule has 1 aromatic carbocycles. The zero-order chi connectivity index (χ0) is 14.5. The van der Waals surface area contributed by atoms with Crippen LogP contribution in [0.1, 0.15) is 24.4 Å². The van der Waals surface area contributed by atoms with Crippen LogP contribution < -0.4 is 5.32 Å². The molecule has 1 heterocycles. The van der Waals surface area contributed by atoms with Crippen LogP contribution in [-0.2, 0) is 9.59 Å². The summed E-state index contributed by atoms with van der Waals surface area (Å²) in [7, 11) is 0. The number of thioether (sulfide) groups is 1. The number of carboxylic acid groups (broad SMARTS) is 1. The summed E-state index contributed by atoms with van der Waals surface area (Å²) in [6.07, 6.45) is 1.62. The van der Waals surface area contributed by atoms with Crippen molar-refractivity contribution in [2.75, 3.05) is 11.5 Å². The maximum absolute atomic E-state index is 12.1. The maximum atomic E-state index is 12.1. The first-order valence-electron chi connectivity index (χ1n) is 6.44. The topological polar surface area (TPSA) is 66.4 Å². The van der Waals surface area contributed by atoms with Gasteiger partial charge in [0.15, 0.2) is 6.04 Å². The molecule has 1 fully saturated rings. The van der Waals surface area contributed by atoms with E-state index in [4.69, 9.17) is 11.6 Å². The monoisotopic (exact) mass is 313 g/mol. The Balaban J connectivity index is 2.07. The lowest BCUT2D eigenvalue weighted by molar-refractivity contribution is -0.142. The lowest BCUT2D eigenvalue weighted by Gasteiger charge is -2.23. The third-order valence-corrected chi connectivity index (χ3v) is 4.63. The van der Waals surface area contributed by atoms with Gasteiger partial charge in [-0.25, -0.2) is 4.79 Å². The fourth-order valence-corrected chi connectivity index (χ4v) is 3.40. The number of aliphatic carboxylic acids is 1. The van der Waals surface area contributed by atoms with Crippen molar-refractivity contribution < 1.29 is 14.7 Å². The van der Waals surface area contributed by atoms with Gasteiger partial charge >= 0.3 is 5.97 Å². The smallest absolute Gasteiger partial charge is 0.330 e. The van der Waals surface area contributed by atoms with E-state index in [2.05, 4.69) is 5.32 Å². The van der Waals surface area contributed by atoms with E-state index in [1.54, 1.807) is 24.3 Å². The highest BCUT2D eigenvalue weighted by atomic mass is 35.5. The maximum Gasteiger partial charge on any atom is 0.330 e. The summed E-state index contributed by atoms with van der Waals surface area (Å²) in [6, 6.07) is 5.47. The van der Waals surface area contributed by atoms with Crippen LogP contribution in [0.25, 0.3) is 0 Å². The third kappa shape index (κ3) is 3.90. The zero-order valence-electron chi connectivity index (χ0n) is 10.8. The Morgan fingerprint density at radius 3 is 2.40 bits per heavy atom. The second-order valence-electron chi connectivity index (χ2n) is 4.72. The van der Waals surface area contributed by atoms with Crippen LogP contribution in [0.15, 0.2) is 24.3 Å². The standard InChI is InChI=1S/C14H16ClNO3S/c15-11-3-1-9(2-4-11)12(14(18)19)16-13(17)10-5-7-20-8-6-10/h1-4,10,12H,5-8H2,(H,16,17)(H,18,19). The summed E-state index contributed by atoms with van der Waals surface area (Å²) >= 11 is 7.61. The van der Waals surface area contributed by atoms with Crippen LogP contribution in [0.2, 0.25) is 5.02 Å². The molecule has 1 unspecified atom stereocenters. The third-order valence-electron chi connectivity index (χ3n) is 3.33. The molecule has 108 valence electrons. The van der Waals surface area contributed by atoms with Crippen molar-refractivity contribution in [1.82, 2.24) is 5.32 Å². The number of carbonyl (C=O) groups excluding carboxylic acids is 1. The molecule has 1 aliphatic heterocycles. The highest BCUT2D eigenvalue weighted by Crippen LogP contribution is 2.24. The molecule has 0 saturated carbocycles. The Morgan fingerprint density at radius 1 is 1.25 bits per heavy atom. The van der Waals surface area contributed by atoms with E-state index in [1.165, 1.54) is 0 Å². The van der Waals surface area contributed by atoms with E-state index >= 15 is 0 Å². The van der Waals surface area contributed by atoms with Crippen molar-refractivity contribution in [2.45, 2.75) is 18.9 Å². The number of hydrogen-bond acceptors (Lipinski definition) is 3. The first-order chi connectivity index (χ1) is 9.58. The summed E-state index contributed by atoms with van der Waals surface area (Å²) in [6.45, 7) is 0. The van der Waals surface area contributed by atoms with Crippen LogP contribution in [0.5, 0.6) is 0 Å². The minimum Gasteiger partial charge on any atom is -0.479 e. The average Bonchev–Trinajstić information content (AvgIpc) is 2.46. The van der Waals surface area contributed by atoms with Crippen molar-refractivity contribution in [3.8, 4) is 0 Å². The molecule has 1 saturated heterocycles. The number of carboxylic acids is 1. The van der Waals surface area contributed by atoms with Gasteiger partial charge in [-0.3, -0.25) is 4.79 Å². The molecule has 4 nitrogen and oxygen atoms in total. The average molecular weight is 314 g/mol. The molecule has 0 bridgehead atoms. The Bertz CT molecular complexity index is 486. The largest absolute Gasteiger partial charge is 0.479 e. The van der Waals surface area contributed by atoms with Gasteiger partial charge in [0, 0.05) is 10.9 Å². The number of hydrogen-bond donors (Lipinski definition) is 2. The summed E-state index contributed by atoms with van der Waals surface area (Å²) < 4.78 is 0. The highest BCUT2D eigenvalue weighted by Gasteiger charge is 2.27. The Kier molecular flexibility index (Phi) is 5.31. The van der Waals surface area contributed by atoms with Crippen molar-refractivity contribution in [2.24, 2.45) is 5.92 Å². The second-order valence-corrected chi connectivity index (χ2v) is 6.38. The fraction of sp³-hybridized carbons (Fsp3) is 0.429. The number of rotatable bonds is 4. The van der Waals surface area contributed by atoms with Gasteiger partial charge in [-0.2, -0.15) is 11.8 Å². The molecule has 1 amide bonds. The van der Waals surface area contributed by atoms with Gasteiger partial charge in [-0.1, -0.05) is 23.7 Å². The van der Waals surface area contributed by atoms with Gasteiger partial charge < -0.3 is 10.4 Å². The molecule has 0 aromatic heterocycles. The minimum atomic E-state index is -1.06. The fourth-order valence-electron chi connectivity index (χ4n) is 2.16. The van der Waals surface area contributed by atoms with Crippen LogP contribution in [0.4, 0.5) is 0 Å². The molecular weight excluding hydrogens is 298 g/mol. The highest BCUT2D eigenvalue weighted by molar-refractivity contribution is 7.99. The molecule has 1 aromatic rings. The number of carbonyl (C=O) groups is 2. The summed E-state index contributed by atoms with van der Waals surface area (Å²) in [4.78, 5) is 23.5. The van der Waals surface area contributed by atoms with Crippen LogP contribution in [0, 0.1) is 5.92 Å². The molecule has 1 aliphatic rings. The van der Waals surface area contributed by atoms with Crippen LogP contribution in [-0.4, -0.2) is 28.5 Å². The van der Waals surface area contributed by atoms with Gasteiger partial charge in [0.1, 0.15) is 0 Å². The second kappa shape index (κ2) is 6.99. The minimum absolute atomic E-state index is 0.0783. The lowest BCUT2D eigenvalue weighted by atomic mass is 10.00. The number of halogens is 1. The van der Waals surface area contributed by atoms with E-state index in [0.717, 1.165) is 24.3 Å². The first kappa shape index (κ1) is 15.2. The van der Waals surface area contributed by atoms with Gasteiger partial charge in [-0.15, -0.1) is 0 Å². The van der Waals surface area contributed by atoms with E-state index in [9.17, 15) is 14.7 Å². The van der Waals surface area contributed by atoms with Crippen molar-refractivity contribution in [1.29, 1.82) is 0 Å². The normalized spacial score (nSPS) is 17.4. The predicted octanol–water partition coefficient (Wildman–Crippen LogP) is 2.73. The molecule has 2 N–H and O–H groups in total. The Hall–Kier alpha value is -1.20. The Morgan fingerprint density at radius 2 is 1.85 bits per heavy atom. The van der Waals surface area contributed by atoms with E-state index in [0.29, 0.717) is 10.6 Å². The van der Waals surface area contributed by atoms with Gasteiger partial charge in [0.2, 0.25) is 5.91 Å². The zero-order valence-corrected chi connectivity index (χ0v) is 12.4. The van der Waals surface area contributed by atoms with Crippen molar-refractivity contribution >= 4 is 35.2 Å². The molecular formula is C14H16ClNO3S. The molecule has 1 atom stereocenters. The van der Waals surface area contributed by atoms with Gasteiger partial charge in [-0.05, 0) is 42.0 Å². The number of benzene rings is 1. The Labute approximate surface area is 126 Å². The van der Waals surface area contributed by atoms with Crippen molar-refractivity contribution in [3.63, 3.8) is 0 Å². The SMILES string of the molecule is O=C(NC(C(=O)O)c1ccc(Cl)cc1)C1CCSCC1. The quantitative estimate of drug-likeness (QED) is 0.897. The summed E-state index contributed by atoms with van der Waals surface area (Å²) in [5.74, 6) is 0.594. The van der Waals surface area contributed by atoms with E-state index in [1.807, 2.05) is 11.8 Å². The lowest BCUT2D eigenvalue weighted by Crippen LogP contribution is -2.38. The molecule has 6 heteroatoms. The molecule has 2 rings (SSSR count). The van der Waals surface area contributed by atoms with Crippen LogP contribution in [0.3, 0.4) is 0 Å².